The van der Waals surface area contributed by atoms with Gasteiger partial charge in [0.05, 0.1) is 6.04 Å². The maximum Gasteiger partial charge on any atom is 0.287 e. The zero-order valence-corrected chi connectivity index (χ0v) is 11.5. The van der Waals surface area contributed by atoms with E-state index < -0.39 is 0 Å². The van der Waals surface area contributed by atoms with Crippen molar-refractivity contribution in [3.63, 3.8) is 0 Å². The molecular weight excluding hydrogens is 262 g/mol. The largest absolute Gasteiger partial charge is 0.456 e. The molecule has 2 rings (SSSR count). The third-order valence-corrected chi connectivity index (χ3v) is 3.20. The number of amides is 1. The number of carbonyl (C=O) groups excluding carboxylic acids is 1. The van der Waals surface area contributed by atoms with E-state index in [1.165, 1.54) is 0 Å². The fourth-order valence-corrected chi connectivity index (χ4v) is 2.07. The van der Waals surface area contributed by atoms with Gasteiger partial charge >= 0.3 is 0 Å². The summed E-state index contributed by atoms with van der Waals surface area (Å²) in [6, 6.07) is 12.9. The molecule has 0 radical (unpaired) electrons. The van der Waals surface area contributed by atoms with E-state index in [1.807, 2.05) is 43.3 Å². The molecule has 2 aromatic rings. The highest BCUT2D eigenvalue weighted by molar-refractivity contribution is 6.18. The molecule has 1 heterocycles. The van der Waals surface area contributed by atoms with Gasteiger partial charge in [-0.25, -0.2) is 0 Å². The minimum Gasteiger partial charge on any atom is -0.456 e. The number of nitrogens with one attached hydrogen (secondary N) is 1. The van der Waals surface area contributed by atoms with Crippen molar-refractivity contribution in [3.8, 4) is 0 Å². The first kappa shape index (κ1) is 13.7. The van der Waals surface area contributed by atoms with E-state index in [-0.39, 0.29) is 11.9 Å². The van der Waals surface area contributed by atoms with Crippen LogP contribution in [0.4, 0.5) is 0 Å². The predicted molar refractivity (Wildman–Crippen MR) is 75.5 cm³/mol. The van der Waals surface area contributed by atoms with Gasteiger partial charge in [-0.05, 0) is 17.7 Å². The first-order valence-corrected chi connectivity index (χ1v) is 6.78. The van der Waals surface area contributed by atoms with E-state index in [2.05, 4.69) is 5.32 Å². The Balaban J connectivity index is 2.08. The van der Waals surface area contributed by atoms with Crippen LogP contribution in [0.15, 0.2) is 46.9 Å². The predicted octanol–water partition coefficient (Wildman–Crippen LogP) is 3.55. The van der Waals surface area contributed by atoms with Crippen LogP contribution in [-0.2, 0) is 6.42 Å². The van der Waals surface area contributed by atoms with Gasteiger partial charge in [-0.3, -0.25) is 4.79 Å². The summed E-state index contributed by atoms with van der Waals surface area (Å²) in [5.41, 5.74) is 0.980. The first-order valence-electron chi connectivity index (χ1n) is 6.25. The topological polar surface area (TPSA) is 42.2 Å². The van der Waals surface area contributed by atoms with E-state index in [9.17, 15) is 4.79 Å². The molecule has 0 aliphatic heterocycles. The number of aryl methyl sites for hydroxylation is 1. The van der Waals surface area contributed by atoms with Crippen molar-refractivity contribution < 1.29 is 9.21 Å². The Labute approximate surface area is 117 Å². The number of benzene rings is 1. The van der Waals surface area contributed by atoms with Gasteiger partial charge in [-0.2, -0.15) is 0 Å². The van der Waals surface area contributed by atoms with Gasteiger partial charge in [0.2, 0.25) is 0 Å². The quantitative estimate of drug-likeness (QED) is 0.849. The Bertz CT molecular complexity index is 536. The lowest BCUT2D eigenvalue weighted by molar-refractivity contribution is 0.0910. The molecule has 3 nitrogen and oxygen atoms in total. The molecule has 4 heteroatoms. The minimum atomic E-state index is -0.241. The molecule has 1 aromatic carbocycles. The molecule has 0 saturated heterocycles. The molecule has 1 amide bonds. The van der Waals surface area contributed by atoms with Crippen LogP contribution in [0.5, 0.6) is 0 Å². The molecule has 0 saturated carbocycles. The molecule has 1 N–H and O–H groups in total. The summed E-state index contributed by atoms with van der Waals surface area (Å²) in [4.78, 5) is 12.1. The van der Waals surface area contributed by atoms with Crippen LogP contribution in [0, 0.1) is 0 Å². The van der Waals surface area contributed by atoms with Crippen molar-refractivity contribution in [1.29, 1.82) is 0 Å². The number of hydrogen-bond donors (Lipinski definition) is 1. The molecule has 1 aromatic heterocycles. The molecule has 19 heavy (non-hydrogen) atoms. The van der Waals surface area contributed by atoms with Crippen LogP contribution in [0.2, 0.25) is 0 Å². The molecule has 0 aliphatic carbocycles. The fourth-order valence-electron chi connectivity index (χ4n) is 1.82. The van der Waals surface area contributed by atoms with E-state index >= 15 is 0 Å². The van der Waals surface area contributed by atoms with Gasteiger partial charge in [0.15, 0.2) is 5.76 Å². The summed E-state index contributed by atoms with van der Waals surface area (Å²) >= 11 is 5.92. The number of alkyl halides is 1. The summed E-state index contributed by atoms with van der Waals surface area (Å²) in [5, 5.41) is 2.87. The maximum absolute atomic E-state index is 12.1. The second-order valence-corrected chi connectivity index (χ2v) is 4.52. The van der Waals surface area contributed by atoms with Crippen LogP contribution in [0.1, 0.15) is 34.8 Å². The summed E-state index contributed by atoms with van der Waals surface area (Å²) in [6.45, 7) is 1.98. The van der Waals surface area contributed by atoms with Crippen LogP contribution < -0.4 is 5.32 Å². The van der Waals surface area contributed by atoms with Crippen molar-refractivity contribution in [1.82, 2.24) is 5.32 Å². The fraction of sp³-hybridized carbons (Fsp3) is 0.267. The second kappa shape index (κ2) is 6.43. The van der Waals surface area contributed by atoms with Gasteiger partial charge < -0.3 is 9.73 Å². The molecule has 1 atom stereocenters. The van der Waals surface area contributed by atoms with Crippen LogP contribution in [0.3, 0.4) is 0 Å². The number of halogens is 1. The Kier molecular flexibility index (Phi) is 4.63. The van der Waals surface area contributed by atoms with Gasteiger partial charge in [-0.1, -0.05) is 37.3 Å². The highest BCUT2D eigenvalue weighted by Crippen LogP contribution is 2.16. The Hall–Kier alpha value is -1.74. The Morgan fingerprint density at radius 2 is 2.00 bits per heavy atom. The Morgan fingerprint density at radius 3 is 2.58 bits per heavy atom. The Morgan fingerprint density at radius 1 is 1.26 bits per heavy atom. The van der Waals surface area contributed by atoms with E-state index in [0.29, 0.717) is 11.6 Å². The summed E-state index contributed by atoms with van der Waals surface area (Å²) < 4.78 is 5.42. The third-order valence-electron chi connectivity index (χ3n) is 2.90. The molecule has 0 spiro atoms. The SMILES string of the molecule is CCc1ccc(C(=O)NC(CCl)c2ccccc2)o1. The zero-order chi connectivity index (χ0) is 13.7. The van der Waals surface area contributed by atoms with Crippen LogP contribution >= 0.6 is 11.6 Å². The van der Waals surface area contributed by atoms with Crippen LogP contribution in [-0.4, -0.2) is 11.8 Å². The van der Waals surface area contributed by atoms with Gasteiger partial charge in [0.25, 0.3) is 5.91 Å². The second-order valence-electron chi connectivity index (χ2n) is 4.21. The highest BCUT2D eigenvalue weighted by Gasteiger charge is 2.17. The van der Waals surface area contributed by atoms with Crippen molar-refractivity contribution in [2.75, 3.05) is 5.88 Å². The molecule has 0 aliphatic rings. The number of hydrogen-bond acceptors (Lipinski definition) is 2. The molecule has 1 unspecified atom stereocenters. The lowest BCUT2D eigenvalue weighted by Gasteiger charge is -2.15. The average Bonchev–Trinajstić information content (AvgIpc) is 2.94. The average molecular weight is 278 g/mol. The monoisotopic (exact) mass is 277 g/mol. The molecule has 0 bridgehead atoms. The van der Waals surface area contributed by atoms with Crippen LogP contribution in [0.25, 0.3) is 0 Å². The van der Waals surface area contributed by atoms with E-state index in [1.54, 1.807) is 6.07 Å². The van der Waals surface area contributed by atoms with E-state index in [4.69, 9.17) is 16.0 Å². The maximum atomic E-state index is 12.1. The molecule has 0 fully saturated rings. The smallest absolute Gasteiger partial charge is 0.287 e. The lowest BCUT2D eigenvalue weighted by Crippen LogP contribution is -2.29. The van der Waals surface area contributed by atoms with Gasteiger partial charge in [0.1, 0.15) is 5.76 Å². The molecular formula is C15H16ClNO2. The summed E-state index contributed by atoms with van der Waals surface area (Å²) in [7, 11) is 0. The first-order chi connectivity index (χ1) is 9.24. The number of rotatable bonds is 5. The third kappa shape index (κ3) is 3.38. The molecule has 100 valence electrons. The number of carbonyl (C=O) groups is 1. The van der Waals surface area contributed by atoms with Gasteiger partial charge in [-0.15, -0.1) is 11.6 Å². The van der Waals surface area contributed by atoms with E-state index in [0.717, 1.165) is 17.7 Å². The standard InChI is InChI=1S/C15H16ClNO2/c1-2-12-8-9-14(19-12)15(18)17-13(10-16)11-6-4-3-5-7-11/h3-9,13H,2,10H2,1H3,(H,17,18). The number of furan rings is 1. The van der Waals surface area contributed by atoms with Crippen molar-refractivity contribution >= 4 is 17.5 Å². The summed E-state index contributed by atoms with van der Waals surface area (Å²) in [5.74, 6) is 1.20. The minimum absolute atomic E-state index is 0.217. The van der Waals surface area contributed by atoms with Gasteiger partial charge in [0, 0.05) is 12.3 Å². The van der Waals surface area contributed by atoms with Crippen molar-refractivity contribution in [2.24, 2.45) is 0 Å². The lowest BCUT2D eigenvalue weighted by atomic mass is 10.1. The summed E-state index contributed by atoms with van der Waals surface area (Å²) in [6.07, 6.45) is 0.769. The van der Waals surface area contributed by atoms with Crippen molar-refractivity contribution in [3.05, 3.63) is 59.5 Å². The normalized spacial score (nSPS) is 12.1. The van der Waals surface area contributed by atoms with Crippen molar-refractivity contribution in [2.45, 2.75) is 19.4 Å². The zero-order valence-electron chi connectivity index (χ0n) is 10.7. The highest BCUT2D eigenvalue weighted by atomic mass is 35.5.